The first-order valence-corrected chi connectivity index (χ1v) is 11.2. The molecular formula is C15H23N7O6PS-. The molecule has 2 unspecified atom stereocenters. The van der Waals surface area contributed by atoms with E-state index in [9.17, 15) is 9.67 Å². The molecule has 2 aromatic heterocycles. The van der Waals surface area contributed by atoms with Gasteiger partial charge in [-0.15, -0.1) is 0 Å². The summed E-state index contributed by atoms with van der Waals surface area (Å²) in [5, 5.41) is 12.9. The van der Waals surface area contributed by atoms with Crippen LogP contribution in [0.2, 0.25) is 0 Å². The minimum Gasteiger partial charge on any atom is -0.790 e. The van der Waals surface area contributed by atoms with E-state index in [0.717, 1.165) is 0 Å². The van der Waals surface area contributed by atoms with Gasteiger partial charge in [0.2, 0.25) is 5.95 Å². The summed E-state index contributed by atoms with van der Waals surface area (Å²) in [6.45, 7) is 1.46. The summed E-state index contributed by atoms with van der Waals surface area (Å²) in [5.74, 6) is 0.708. The highest BCUT2D eigenvalue weighted by Gasteiger charge is 2.60. The Hall–Kier alpha value is -1.51. The number of rotatable bonds is 6. The smallest absolute Gasteiger partial charge is 0.475 e. The van der Waals surface area contributed by atoms with E-state index >= 15 is 0 Å². The molecule has 0 aromatic carbocycles. The van der Waals surface area contributed by atoms with Gasteiger partial charge in [0.15, 0.2) is 23.2 Å². The lowest BCUT2D eigenvalue weighted by atomic mass is 9.96. The molecule has 0 aliphatic carbocycles. The first-order chi connectivity index (χ1) is 14.2. The van der Waals surface area contributed by atoms with Crippen LogP contribution in [-0.4, -0.2) is 75.5 Å². The van der Waals surface area contributed by atoms with Crippen LogP contribution in [0.15, 0.2) is 6.33 Å². The van der Waals surface area contributed by atoms with Gasteiger partial charge in [-0.3, -0.25) is 23.1 Å². The van der Waals surface area contributed by atoms with Crippen molar-refractivity contribution in [2.45, 2.75) is 31.0 Å². The first kappa shape index (κ1) is 21.7. The van der Waals surface area contributed by atoms with E-state index in [4.69, 9.17) is 36.7 Å². The predicted molar refractivity (Wildman–Crippen MR) is 108 cm³/mol. The van der Waals surface area contributed by atoms with Crippen molar-refractivity contribution in [1.82, 2.24) is 24.9 Å². The van der Waals surface area contributed by atoms with Crippen molar-refractivity contribution in [3.05, 3.63) is 6.33 Å². The lowest BCUT2D eigenvalue weighted by Gasteiger charge is -2.35. The van der Waals surface area contributed by atoms with Gasteiger partial charge in [0.1, 0.15) is 17.8 Å². The Morgan fingerprint density at radius 2 is 2.33 bits per heavy atom. The molecule has 4 N–H and O–H groups in total. The Bertz CT molecular complexity index is 990. The number of aromatic nitrogens is 4. The van der Waals surface area contributed by atoms with E-state index in [1.807, 2.05) is 0 Å². The number of aliphatic hydroxyl groups is 1. The maximum absolute atomic E-state index is 12.7. The number of ether oxygens (including phenoxy) is 1. The maximum atomic E-state index is 12.7. The number of nitrogen functional groups attached to an aromatic ring is 1. The number of hydrogen-bond acceptors (Lipinski definition) is 13. The van der Waals surface area contributed by atoms with E-state index in [-0.39, 0.29) is 24.9 Å². The van der Waals surface area contributed by atoms with Crippen molar-refractivity contribution < 1.29 is 28.0 Å². The number of phosphoric ester groups is 1. The number of nitrogens with zero attached hydrogens (tertiary/aromatic N) is 5. The Kier molecular flexibility index (Phi) is 5.70. The molecule has 166 valence electrons. The van der Waals surface area contributed by atoms with Gasteiger partial charge < -0.3 is 28.2 Å². The molecular weight excluding hydrogens is 437 g/mol. The number of anilines is 2. The molecule has 2 aromatic rings. The van der Waals surface area contributed by atoms with Gasteiger partial charge in [-0.05, 0) is 6.92 Å². The summed E-state index contributed by atoms with van der Waals surface area (Å²) in [5.41, 5.74) is 8.01. The van der Waals surface area contributed by atoms with Crippen LogP contribution in [0.25, 0.3) is 11.2 Å². The number of fused-ring (bicyclic) bond motifs is 2. The fraction of sp³-hybridized carbons (Fsp3) is 0.667. The van der Waals surface area contributed by atoms with Gasteiger partial charge in [-0.25, -0.2) is 15.0 Å². The summed E-state index contributed by atoms with van der Waals surface area (Å²) < 4.78 is 36.2. The van der Waals surface area contributed by atoms with Crippen molar-refractivity contribution >= 4 is 43.4 Å². The average Bonchev–Trinajstić information content (AvgIpc) is 3.23. The van der Waals surface area contributed by atoms with Gasteiger partial charge in [-0.1, -0.05) is 0 Å². The standard InChI is InChI=1S/C15H24N7O6PS/c1-15(23)10-8(6-26-29(24,28-10)25-4-5-30)27-13(15)22-7-18-9-11(21(3)17-2)19-14(16)20-12(9)22/h7-8,10,13,17,23,30H,4-6H2,1-3H3,(H2,16,19,20)/p-1/t8-,10?,13-,15+,29?/m1/s1. The monoisotopic (exact) mass is 460 g/mol. The van der Waals surface area contributed by atoms with E-state index in [2.05, 4.69) is 20.4 Å². The maximum Gasteiger partial charge on any atom is 0.475 e. The molecule has 2 aliphatic rings. The van der Waals surface area contributed by atoms with Crippen molar-refractivity contribution in [2.75, 3.05) is 43.8 Å². The third-order valence-electron chi connectivity index (χ3n) is 5.02. The molecule has 0 saturated carbocycles. The molecule has 4 heterocycles. The van der Waals surface area contributed by atoms with E-state index < -0.39 is 31.9 Å². The van der Waals surface area contributed by atoms with Crippen LogP contribution >= 0.6 is 7.82 Å². The Labute approximate surface area is 177 Å². The number of phosphoric acid groups is 1. The van der Waals surface area contributed by atoms with Crippen LogP contribution in [0.3, 0.4) is 0 Å². The molecule has 2 saturated heterocycles. The highest BCUT2D eigenvalue weighted by molar-refractivity contribution is 7.58. The molecule has 0 bridgehead atoms. The van der Waals surface area contributed by atoms with Crippen molar-refractivity contribution in [3.63, 3.8) is 0 Å². The zero-order valence-electron chi connectivity index (χ0n) is 16.6. The largest absolute Gasteiger partial charge is 0.790 e. The fourth-order valence-corrected chi connectivity index (χ4v) is 5.20. The second-order valence-electron chi connectivity index (χ2n) is 7.07. The van der Waals surface area contributed by atoms with Crippen molar-refractivity contribution in [1.29, 1.82) is 0 Å². The average molecular weight is 460 g/mol. The molecule has 13 nitrogen and oxygen atoms in total. The topological polar surface area (TPSA) is 159 Å². The minimum atomic E-state index is -3.86. The number of nitrogens with two attached hydrogens (primary N) is 1. The minimum absolute atomic E-state index is 0.0257. The molecule has 2 fully saturated rings. The van der Waals surface area contributed by atoms with Crippen LogP contribution in [0.4, 0.5) is 11.8 Å². The molecule has 5 atom stereocenters. The zero-order valence-corrected chi connectivity index (χ0v) is 18.3. The lowest BCUT2D eigenvalue weighted by Crippen LogP contribution is -2.47. The Morgan fingerprint density at radius 3 is 3.03 bits per heavy atom. The summed E-state index contributed by atoms with van der Waals surface area (Å²) in [6, 6.07) is 0. The zero-order chi connectivity index (χ0) is 21.7. The van der Waals surface area contributed by atoms with Crippen LogP contribution in [0.5, 0.6) is 0 Å². The molecule has 0 spiro atoms. The van der Waals surface area contributed by atoms with Gasteiger partial charge >= 0.3 is 7.82 Å². The summed E-state index contributed by atoms with van der Waals surface area (Å²) in [7, 11) is -0.381. The molecule has 2 aliphatic heterocycles. The number of nitrogens with one attached hydrogen (secondary N) is 1. The van der Waals surface area contributed by atoms with E-state index in [1.54, 1.807) is 19.1 Å². The number of hydrazine groups is 1. The molecule has 4 rings (SSSR count). The van der Waals surface area contributed by atoms with Crippen molar-refractivity contribution in [3.8, 4) is 0 Å². The normalized spacial score (nSPS) is 33.7. The highest BCUT2D eigenvalue weighted by atomic mass is 32.1. The molecule has 0 radical (unpaired) electrons. The number of imidazole rings is 1. The van der Waals surface area contributed by atoms with E-state index in [1.165, 1.54) is 17.8 Å². The lowest BCUT2D eigenvalue weighted by molar-refractivity contribution is -0.0907. The second-order valence-corrected chi connectivity index (χ2v) is 9.10. The van der Waals surface area contributed by atoms with E-state index in [0.29, 0.717) is 17.0 Å². The quantitative estimate of drug-likeness (QED) is 0.294. The highest BCUT2D eigenvalue weighted by Crippen LogP contribution is 2.58. The summed E-state index contributed by atoms with van der Waals surface area (Å²) in [4.78, 5) is 12.9. The number of hydrogen-bond donors (Lipinski definition) is 3. The second kappa shape index (κ2) is 7.88. The Morgan fingerprint density at radius 1 is 1.57 bits per heavy atom. The van der Waals surface area contributed by atoms with Crippen LogP contribution in [0, 0.1) is 0 Å². The SMILES string of the molecule is CNN(C)c1nc(N)nc2c1ncn2[C@@H]1O[C@@H]2COP(=O)(OCC[S-])OC2[C@]1(C)O. The van der Waals surface area contributed by atoms with Crippen LogP contribution < -0.4 is 16.2 Å². The third-order valence-corrected chi connectivity index (χ3v) is 6.63. The van der Waals surface area contributed by atoms with Gasteiger partial charge in [0.05, 0.1) is 12.9 Å². The van der Waals surface area contributed by atoms with Gasteiger partial charge in [0, 0.05) is 20.7 Å². The predicted octanol–water partition coefficient (Wildman–Crippen LogP) is -0.285. The molecule has 15 heteroatoms. The molecule has 30 heavy (non-hydrogen) atoms. The van der Waals surface area contributed by atoms with Crippen molar-refractivity contribution in [2.24, 2.45) is 0 Å². The fourth-order valence-electron chi connectivity index (χ4n) is 3.52. The van der Waals surface area contributed by atoms with Crippen LogP contribution in [0.1, 0.15) is 13.2 Å². The first-order valence-electron chi connectivity index (χ1n) is 9.15. The summed E-state index contributed by atoms with van der Waals surface area (Å²) in [6.07, 6.45) is -1.15. The van der Waals surface area contributed by atoms with Gasteiger partial charge in [0.25, 0.3) is 0 Å². The summed E-state index contributed by atoms with van der Waals surface area (Å²) >= 11 is 4.80. The molecule has 0 amide bonds. The Balaban J connectivity index is 1.70. The van der Waals surface area contributed by atoms with Gasteiger partial charge in [-0.2, -0.15) is 15.7 Å². The van der Waals surface area contributed by atoms with Crippen LogP contribution in [-0.2, 0) is 35.5 Å². The third kappa shape index (κ3) is 3.56.